The second-order valence-corrected chi connectivity index (χ2v) is 4.11. The molecule has 0 saturated heterocycles. The van der Waals surface area contributed by atoms with E-state index in [4.69, 9.17) is 11.8 Å². The zero-order chi connectivity index (χ0) is 11.0. The molecule has 0 heterocycles. The van der Waals surface area contributed by atoms with Crippen molar-refractivity contribution in [1.29, 1.82) is 0 Å². The molecule has 0 spiro atoms. The average molecular weight is 226 g/mol. The van der Waals surface area contributed by atoms with Gasteiger partial charge in [0.1, 0.15) is 6.04 Å². The van der Waals surface area contributed by atoms with Crippen LogP contribution in [0.4, 0.5) is 0 Å². The summed E-state index contributed by atoms with van der Waals surface area (Å²) in [6.45, 7) is 1.39. The van der Waals surface area contributed by atoms with E-state index in [2.05, 4.69) is 0 Å². The van der Waals surface area contributed by atoms with Crippen LogP contribution in [0.3, 0.4) is 0 Å². The minimum absolute atomic E-state index is 0.252. The van der Waals surface area contributed by atoms with Crippen LogP contribution in [-0.2, 0) is 11.2 Å². The molecule has 1 aromatic rings. The Hall–Kier alpha value is -1.06. The number of aliphatic hydroxyl groups is 1. The Kier molecular flexibility index (Phi) is 2.67. The summed E-state index contributed by atoms with van der Waals surface area (Å²) >= 11 is 5.87. The predicted octanol–water partition coefficient (Wildman–Crippen LogP) is 1.65. The van der Waals surface area contributed by atoms with E-state index in [1.165, 1.54) is 6.92 Å². The lowest BCUT2D eigenvalue weighted by molar-refractivity contribution is -0.127. The molecule has 1 aliphatic rings. The van der Waals surface area contributed by atoms with E-state index in [1.807, 2.05) is 24.3 Å². The third-order valence-electron chi connectivity index (χ3n) is 2.71. The Morgan fingerprint density at radius 3 is 2.87 bits per heavy atom. The van der Waals surface area contributed by atoms with Crippen molar-refractivity contribution in [3.8, 4) is 0 Å². The lowest BCUT2D eigenvalue weighted by Crippen LogP contribution is -2.30. The molecule has 0 aliphatic heterocycles. The van der Waals surface area contributed by atoms with Gasteiger partial charge in [0, 0.05) is 25.1 Å². The van der Waals surface area contributed by atoms with Crippen LogP contribution < -0.4 is 0 Å². The lowest BCUT2D eigenvalue weighted by atomic mass is 10.1. The second kappa shape index (κ2) is 3.83. The summed E-state index contributed by atoms with van der Waals surface area (Å²) in [5, 5.41) is 9.85. The molecule has 1 N–H and O–H groups in total. The Labute approximate surface area is 93.4 Å². The van der Waals surface area contributed by atoms with Gasteiger partial charge in [0.05, 0.1) is 6.10 Å². The summed E-state index contributed by atoms with van der Waals surface area (Å²) in [6, 6.07) is 7.23. The first-order valence-corrected chi connectivity index (χ1v) is 5.16. The van der Waals surface area contributed by atoms with E-state index < -0.39 is 12.1 Å². The van der Waals surface area contributed by atoms with Gasteiger partial charge in [-0.1, -0.05) is 24.3 Å². The summed E-state index contributed by atoms with van der Waals surface area (Å²) in [7, 11) is 0. The minimum atomic E-state index is -0.608. The number of benzene rings is 1. The van der Waals surface area contributed by atoms with E-state index in [0.717, 1.165) is 15.5 Å². The monoisotopic (exact) mass is 225 g/mol. The van der Waals surface area contributed by atoms with Crippen molar-refractivity contribution in [2.75, 3.05) is 0 Å². The maximum atomic E-state index is 11.2. The maximum absolute atomic E-state index is 11.2. The molecule has 1 amide bonds. The van der Waals surface area contributed by atoms with Gasteiger partial charge in [0.15, 0.2) is 0 Å². The quantitative estimate of drug-likeness (QED) is 0.739. The molecule has 4 heteroatoms. The summed E-state index contributed by atoms with van der Waals surface area (Å²) in [4.78, 5) is 11.2. The smallest absolute Gasteiger partial charge is 0.234 e. The molecule has 2 atom stereocenters. The Morgan fingerprint density at radius 1 is 1.53 bits per heavy atom. The minimum Gasteiger partial charge on any atom is -0.390 e. The number of carbonyl (C=O) groups is 1. The van der Waals surface area contributed by atoms with Gasteiger partial charge in [-0.3, -0.25) is 4.79 Å². The molecule has 2 rings (SSSR count). The summed E-state index contributed by atoms with van der Waals surface area (Å²) in [5.74, 6) is -0.252. The SMILES string of the molecule is CC(=O)N(Cl)[C@H]1c2ccccc2C[C@H]1O. The number of fused-ring (bicyclic) bond motifs is 1. The largest absolute Gasteiger partial charge is 0.390 e. The number of hydrogen-bond donors (Lipinski definition) is 1. The first-order valence-electron chi connectivity index (χ1n) is 4.82. The second-order valence-electron chi connectivity index (χ2n) is 3.75. The van der Waals surface area contributed by atoms with E-state index in [9.17, 15) is 9.90 Å². The third kappa shape index (κ3) is 1.73. The Balaban J connectivity index is 2.37. The molecule has 0 bridgehead atoms. The first-order chi connectivity index (χ1) is 7.11. The van der Waals surface area contributed by atoms with Crippen LogP contribution in [0.25, 0.3) is 0 Å². The number of amides is 1. The molecule has 0 radical (unpaired) electrons. The van der Waals surface area contributed by atoms with Gasteiger partial charge in [-0.2, -0.15) is 0 Å². The highest BCUT2D eigenvalue weighted by Crippen LogP contribution is 2.36. The van der Waals surface area contributed by atoms with Crippen molar-refractivity contribution in [3.63, 3.8) is 0 Å². The fourth-order valence-corrected chi connectivity index (χ4v) is 2.26. The molecular weight excluding hydrogens is 214 g/mol. The highest BCUT2D eigenvalue weighted by Gasteiger charge is 2.36. The van der Waals surface area contributed by atoms with Gasteiger partial charge in [-0.15, -0.1) is 0 Å². The number of carbonyl (C=O) groups excluding carboxylic acids is 1. The number of rotatable bonds is 1. The van der Waals surface area contributed by atoms with Gasteiger partial charge in [-0.25, -0.2) is 4.42 Å². The van der Waals surface area contributed by atoms with Gasteiger partial charge >= 0.3 is 0 Å². The molecule has 0 unspecified atom stereocenters. The van der Waals surface area contributed by atoms with Crippen molar-refractivity contribution in [1.82, 2.24) is 4.42 Å². The Morgan fingerprint density at radius 2 is 2.20 bits per heavy atom. The van der Waals surface area contributed by atoms with E-state index in [0.29, 0.717) is 6.42 Å². The molecule has 15 heavy (non-hydrogen) atoms. The van der Waals surface area contributed by atoms with E-state index in [1.54, 1.807) is 0 Å². The molecule has 3 nitrogen and oxygen atoms in total. The summed E-state index contributed by atoms with van der Waals surface area (Å²) in [6.07, 6.45) is -0.0547. The zero-order valence-electron chi connectivity index (χ0n) is 8.35. The molecule has 1 aliphatic carbocycles. The molecule has 0 saturated carbocycles. The highest BCUT2D eigenvalue weighted by molar-refractivity contribution is 6.21. The fraction of sp³-hybridized carbons (Fsp3) is 0.364. The molecule has 1 aromatic carbocycles. The van der Waals surface area contributed by atoms with Crippen molar-refractivity contribution in [2.24, 2.45) is 0 Å². The van der Waals surface area contributed by atoms with Gasteiger partial charge < -0.3 is 5.11 Å². The van der Waals surface area contributed by atoms with Crippen molar-refractivity contribution >= 4 is 17.7 Å². The maximum Gasteiger partial charge on any atom is 0.234 e. The summed E-state index contributed by atoms with van der Waals surface area (Å²) < 4.78 is 1.08. The molecule has 0 fully saturated rings. The van der Waals surface area contributed by atoms with Crippen LogP contribution in [0.5, 0.6) is 0 Å². The third-order valence-corrected chi connectivity index (χ3v) is 3.16. The highest BCUT2D eigenvalue weighted by atomic mass is 35.5. The standard InChI is InChI=1S/C11H12ClNO2/c1-7(14)13(12)11-9-5-3-2-4-8(9)6-10(11)15/h2-5,10-11,15H,6H2,1H3/t10-,11+/m1/s1. The van der Waals surface area contributed by atoms with E-state index >= 15 is 0 Å². The van der Waals surface area contributed by atoms with Gasteiger partial charge in [0.2, 0.25) is 5.91 Å². The normalized spacial score (nSPS) is 23.7. The van der Waals surface area contributed by atoms with E-state index in [-0.39, 0.29) is 5.91 Å². The van der Waals surface area contributed by atoms with Crippen LogP contribution in [0.1, 0.15) is 24.1 Å². The average Bonchev–Trinajstić information content (AvgIpc) is 2.52. The van der Waals surface area contributed by atoms with Crippen molar-refractivity contribution in [3.05, 3.63) is 35.4 Å². The van der Waals surface area contributed by atoms with Crippen LogP contribution in [-0.4, -0.2) is 21.5 Å². The topological polar surface area (TPSA) is 40.5 Å². The zero-order valence-corrected chi connectivity index (χ0v) is 9.11. The molecular formula is C11H12ClNO2. The van der Waals surface area contributed by atoms with Crippen LogP contribution in [0.15, 0.2) is 24.3 Å². The first kappa shape index (κ1) is 10.5. The van der Waals surface area contributed by atoms with Gasteiger partial charge in [-0.05, 0) is 11.1 Å². The van der Waals surface area contributed by atoms with Gasteiger partial charge in [0.25, 0.3) is 0 Å². The fourth-order valence-electron chi connectivity index (χ4n) is 2.02. The summed E-state index contributed by atoms with van der Waals surface area (Å²) in [5.41, 5.74) is 2.00. The Bertz CT molecular complexity index is 394. The molecule has 0 aromatic heterocycles. The number of nitrogens with zero attached hydrogens (tertiary/aromatic N) is 1. The lowest BCUT2D eigenvalue weighted by Gasteiger charge is -2.23. The van der Waals surface area contributed by atoms with Crippen LogP contribution in [0, 0.1) is 0 Å². The van der Waals surface area contributed by atoms with Crippen LogP contribution >= 0.6 is 11.8 Å². The number of hydrogen-bond acceptors (Lipinski definition) is 2. The van der Waals surface area contributed by atoms with Crippen molar-refractivity contribution in [2.45, 2.75) is 25.5 Å². The molecule has 80 valence electrons. The predicted molar refractivity (Wildman–Crippen MR) is 57.3 cm³/mol. The number of aliphatic hydroxyl groups excluding tert-OH is 1. The van der Waals surface area contributed by atoms with Crippen molar-refractivity contribution < 1.29 is 9.90 Å². The number of halogens is 1. The van der Waals surface area contributed by atoms with Crippen LogP contribution in [0.2, 0.25) is 0 Å².